The molecule has 1 aliphatic rings. The Labute approximate surface area is 121 Å². The van der Waals surface area contributed by atoms with Crippen LogP contribution in [0.3, 0.4) is 0 Å². The van der Waals surface area contributed by atoms with Crippen LogP contribution in [0.4, 0.5) is 5.95 Å². The first kappa shape index (κ1) is 13.5. The fourth-order valence-corrected chi connectivity index (χ4v) is 4.01. The molecule has 108 valence electrons. The molecule has 3 heteroatoms. The SMILES string of the molecule is CC(C)CC1(Cn2c(N)nc3ccccc32)CCCC1. The first-order chi connectivity index (χ1) is 9.60. The van der Waals surface area contributed by atoms with Crippen molar-refractivity contribution in [2.24, 2.45) is 11.3 Å². The lowest BCUT2D eigenvalue weighted by atomic mass is 9.78. The first-order valence-electron chi connectivity index (χ1n) is 7.80. The van der Waals surface area contributed by atoms with E-state index in [2.05, 4.69) is 35.5 Å². The number of imidazole rings is 1. The normalized spacial score (nSPS) is 18.1. The van der Waals surface area contributed by atoms with Crippen LogP contribution < -0.4 is 5.73 Å². The quantitative estimate of drug-likeness (QED) is 0.904. The second-order valence-corrected chi connectivity index (χ2v) is 6.85. The van der Waals surface area contributed by atoms with E-state index < -0.39 is 0 Å². The number of hydrogen-bond acceptors (Lipinski definition) is 2. The highest BCUT2D eigenvalue weighted by Crippen LogP contribution is 2.45. The van der Waals surface area contributed by atoms with E-state index in [4.69, 9.17) is 5.73 Å². The number of rotatable bonds is 4. The molecule has 1 aromatic carbocycles. The predicted octanol–water partition coefficient (Wildman–Crippen LogP) is 4.23. The number of nitrogen functional groups attached to an aromatic ring is 1. The van der Waals surface area contributed by atoms with Crippen molar-refractivity contribution in [3.8, 4) is 0 Å². The maximum absolute atomic E-state index is 6.17. The second-order valence-electron chi connectivity index (χ2n) is 6.85. The molecule has 2 aromatic rings. The molecule has 0 unspecified atom stereocenters. The smallest absolute Gasteiger partial charge is 0.201 e. The van der Waals surface area contributed by atoms with Crippen molar-refractivity contribution in [1.29, 1.82) is 0 Å². The van der Waals surface area contributed by atoms with Gasteiger partial charge in [-0.25, -0.2) is 4.98 Å². The van der Waals surface area contributed by atoms with Crippen LogP contribution in [0.1, 0.15) is 46.0 Å². The number of benzene rings is 1. The lowest BCUT2D eigenvalue weighted by Crippen LogP contribution is -2.26. The Morgan fingerprint density at radius 3 is 2.65 bits per heavy atom. The average molecular weight is 271 g/mol. The van der Waals surface area contributed by atoms with E-state index in [-0.39, 0.29) is 0 Å². The molecule has 0 aliphatic heterocycles. The Hall–Kier alpha value is -1.51. The monoisotopic (exact) mass is 271 g/mol. The molecule has 1 saturated carbocycles. The summed E-state index contributed by atoms with van der Waals surface area (Å²) in [6, 6.07) is 8.28. The lowest BCUT2D eigenvalue weighted by molar-refractivity contribution is 0.200. The van der Waals surface area contributed by atoms with E-state index in [1.54, 1.807) is 0 Å². The van der Waals surface area contributed by atoms with Crippen LogP contribution in [0.5, 0.6) is 0 Å². The molecule has 1 fully saturated rings. The Morgan fingerprint density at radius 2 is 1.95 bits per heavy atom. The Kier molecular flexibility index (Phi) is 3.45. The summed E-state index contributed by atoms with van der Waals surface area (Å²) in [6.45, 7) is 5.68. The zero-order valence-corrected chi connectivity index (χ0v) is 12.6. The van der Waals surface area contributed by atoms with Gasteiger partial charge in [-0.05, 0) is 42.7 Å². The van der Waals surface area contributed by atoms with Crippen molar-refractivity contribution in [3.05, 3.63) is 24.3 Å². The van der Waals surface area contributed by atoms with Gasteiger partial charge in [0.25, 0.3) is 0 Å². The summed E-state index contributed by atoms with van der Waals surface area (Å²) in [5, 5.41) is 0. The van der Waals surface area contributed by atoms with Gasteiger partial charge in [0, 0.05) is 6.54 Å². The van der Waals surface area contributed by atoms with E-state index >= 15 is 0 Å². The molecule has 20 heavy (non-hydrogen) atoms. The number of aromatic nitrogens is 2. The summed E-state index contributed by atoms with van der Waals surface area (Å²) < 4.78 is 2.24. The van der Waals surface area contributed by atoms with E-state index in [1.807, 2.05) is 12.1 Å². The second kappa shape index (κ2) is 5.12. The summed E-state index contributed by atoms with van der Waals surface area (Å²) in [6.07, 6.45) is 6.67. The van der Waals surface area contributed by atoms with Crippen LogP contribution in [0.15, 0.2) is 24.3 Å². The summed E-state index contributed by atoms with van der Waals surface area (Å²) in [4.78, 5) is 4.51. The summed E-state index contributed by atoms with van der Waals surface area (Å²) in [7, 11) is 0. The van der Waals surface area contributed by atoms with Gasteiger partial charge in [0.05, 0.1) is 11.0 Å². The van der Waals surface area contributed by atoms with Crippen LogP contribution in [-0.2, 0) is 6.54 Å². The molecule has 3 nitrogen and oxygen atoms in total. The van der Waals surface area contributed by atoms with Gasteiger partial charge in [0.1, 0.15) is 0 Å². The van der Waals surface area contributed by atoms with Crippen molar-refractivity contribution >= 4 is 17.0 Å². The van der Waals surface area contributed by atoms with Gasteiger partial charge < -0.3 is 10.3 Å². The fourth-order valence-electron chi connectivity index (χ4n) is 4.01. The van der Waals surface area contributed by atoms with Gasteiger partial charge in [-0.3, -0.25) is 0 Å². The minimum Gasteiger partial charge on any atom is -0.369 e. The highest BCUT2D eigenvalue weighted by atomic mass is 15.2. The molecular formula is C17H25N3. The molecule has 0 spiro atoms. The van der Waals surface area contributed by atoms with Crippen molar-refractivity contribution < 1.29 is 0 Å². The third-order valence-corrected chi connectivity index (χ3v) is 4.68. The standard InChI is InChI=1S/C17H25N3/c1-13(2)11-17(9-5-6-10-17)12-20-15-8-4-3-7-14(15)19-16(20)18/h3-4,7-8,13H,5-6,9-12H2,1-2H3,(H2,18,19). The van der Waals surface area contributed by atoms with Crippen LogP contribution in [0.25, 0.3) is 11.0 Å². The molecule has 3 rings (SSSR count). The molecule has 0 saturated heterocycles. The minimum atomic E-state index is 0.422. The number of fused-ring (bicyclic) bond motifs is 1. The van der Waals surface area contributed by atoms with Gasteiger partial charge >= 0.3 is 0 Å². The van der Waals surface area contributed by atoms with Gasteiger partial charge in [0.2, 0.25) is 5.95 Å². The third-order valence-electron chi connectivity index (χ3n) is 4.68. The van der Waals surface area contributed by atoms with Crippen LogP contribution >= 0.6 is 0 Å². The number of nitrogens with two attached hydrogens (primary N) is 1. The Morgan fingerprint density at radius 1 is 1.25 bits per heavy atom. The highest BCUT2D eigenvalue weighted by Gasteiger charge is 2.35. The van der Waals surface area contributed by atoms with Crippen LogP contribution in [-0.4, -0.2) is 9.55 Å². The summed E-state index contributed by atoms with van der Waals surface area (Å²) in [5.74, 6) is 1.41. The summed E-state index contributed by atoms with van der Waals surface area (Å²) >= 11 is 0. The van der Waals surface area contributed by atoms with Crippen molar-refractivity contribution in [1.82, 2.24) is 9.55 Å². The van der Waals surface area contributed by atoms with Gasteiger partial charge in [0.15, 0.2) is 0 Å². The van der Waals surface area contributed by atoms with Gasteiger partial charge in [-0.1, -0.05) is 38.8 Å². The largest absolute Gasteiger partial charge is 0.369 e. The van der Waals surface area contributed by atoms with Crippen molar-refractivity contribution in [3.63, 3.8) is 0 Å². The topological polar surface area (TPSA) is 43.8 Å². The Bertz CT molecular complexity index is 591. The molecular weight excluding hydrogens is 246 g/mol. The fraction of sp³-hybridized carbons (Fsp3) is 0.588. The van der Waals surface area contributed by atoms with E-state index in [0.29, 0.717) is 11.4 Å². The van der Waals surface area contributed by atoms with E-state index in [1.165, 1.54) is 37.6 Å². The first-order valence-corrected chi connectivity index (χ1v) is 7.80. The molecule has 0 amide bonds. The van der Waals surface area contributed by atoms with E-state index in [0.717, 1.165) is 18.0 Å². The Balaban J connectivity index is 1.96. The molecule has 1 aromatic heterocycles. The number of para-hydroxylation sites is 2. The van der Waals surface area contributed by atoms with Crippen LogP contribution in [0.2, 0.25) is 0 Å². The molecule has 0 bridgehead atoms. The molecule has 0 atom stereocenters. The predicted molar refractivity (Wildman–Crippen MR) is 84.5 cm³/mol. The third kappa shape index (κ3) is 2.41. The van der Waals surface area contributed by atoms with Crippen molar-refractivity contribution in [2.75, 3.05) is 5.73 Å². The molecule has 1 heterocycles. The highest BCUT2D eigenvalue weighted by molar-refractivity contribution is 5.78. The number of nitrogens with zero attached hydrogens (tertiary/aromatic N) is 2. The van der Waals surface area contributed by atoms with E-state index in [9.17, 15) is 0 Å². The number of hydrogen-bond donors (Lipinski definition) is 1. The van der Waals surface area contributed by atoms with Gasteiger partial charge in [-0.15, -0.1) is 0 Å². The van der Waals surface area contributed by atoms with Gasteiger partial charge in [-0.2, -0.15) is 0 Å². The molecule has 0 radical (unpaired) electrons. The molecule has 2 N–H and O–H groups in total. The average Bonchev–Trinajstić information content (AvgIpc) is 2.96. The molecule has 1 aliphatic carbocycles. The maximum Gasteiger partial charge on any atom is 0.201 e. The zero-order valence-electron chi connectivity index (χ0n) is 12.6. The number of anilines is 1. The summed E-state index contributed by atoms with van der Waals surface area (Å²) in [5.41, 5.74) is 8.79. The minimum absolute atomic E-state index is 0.422. The maximum atomic E-state index is 6.17. The van der Waals surface area contributed by atoms with Crippen LogP contribution in [0, 0.1) is 11.3 Å². The lowest BCUT2D eigenvalue weighted by Gasteiger charge is -2.32. The van der Waals surface area contributed by atoms with Crippen molar-refractivity contribution in [2.45, 2.75) is 52.5 Å². The zero-order chi connectivity index (χ0) is 14.2.